The van der Waals surface area contributed by atoms with E-state index in [2.05, 4.69) is 5.10 Å². The van der Waals surface area contributed by atoms with Crippen molar-refractivity contribution >= 4 is 5.97 Å². The first kappa shape index (κ1) is 21.7. The summed E-state index contributed by atoms with van der Waals surface area (Å²) >= 11 is 0. The number of carbonyl (C=O) groups is 1. The molecular weight excluding hydrogens is 416 g/mol. The van der Waals surface area contributed by atoms with Crippen molar-refractivity contribution in [2.24, 2.45) is 7.05 Å². The van der Waals surface area contributed by atoms with Gasteiger partial charge in [0.25, 0.3) is 0 Å². The summed E-state index contributed by atoms with van der Waals surface area (Å²) in [6, 6.07) is 14.7. The molecule has 0 aliphatic carbocycles. The predicted molar refractivity (Wildman–Crippen MR) is 113 cm³/mol. The molecule has 32 heavy (non-hydrogen) atoms. The summed E-state index contributed by atoms with van der Waals surface area (Å²) in [6.07, 6.45) is -0.653. The van der Waals surface area contributed by atoms with Gasteiger partial charge in [0, 0.05) is 19.2 Å². The smallest absolute Gasteiger partial charge is 0.354 e. The molecule has 1 aliphatic rings. The summed E-state index contributed by atoms with van der Waals surface area (Å²) in [5.41, 5.74) is 2.16. The Morgan fingerprint density at radius 1 is 1.09 bits per heavy atom. The van der Waals surface area contributed by atoms with Gasteiger partial charge in [-0.1, -0.05) is 30.3 Å². The largest absolute Gasteiger partial charge is 0.496 e. The number of ether oxygens (including phenoxy) is 5. The van der Waals surface area contributed by atoms with Crippen LogP contribution in [0.15, 0.2) is 48.5 Å². The number of aryl methyl sites for hydroxylation is 1. The average molecular weight is 440 g/mol. The molecule has 1 aliphatic heterocycles. The van der Waals surface area contributed by atoms with Crippen LogP contribution in [0, 0.1) is 0 Å². The second-order valence-corrected chi connectivity index (χ2v) is 7.12. The summed E-state index contributed by atoms with van der Waals surface area (Å²) in [6.45, 7) is 1.30. The topological polar surface area (TPSA) is 101 Å². The molecule has 9 nitrogen and oxygen atoms in total. The maximum atomic E-state index is 11.3. The highest BCUT2D eigenvalue weighted by atomic mass is 16.7. The van der Waals surface area contributed by atoms with Crippen LogP contribution in [0.1, 0.15) is 33.6 Å². The van der Waals surface area contributed by atoms with Gasteiger partial charge in [-0.25, -0.2) is 4.79 Å². The highest BCUT2D eigenvalue weighted by Crippen LogP contribution is 2.42. The molecule has 1 saturated heterocycles. The van der Waals surface area contributed by atoms with Crippen molar-refractivity contribution in [3.8, 4) is 17.2 Å². The fourth-order valence-electron chi connectivity index (χ4n) is 3.38. The van der Waals surface area contributed by atoms with E-state index in [1.165, 1.54) is 10.7 Å². The number of nitrogens with zero attached hydrogens (tertiary/aromatic N) is 2. The van der Waals surface area contributed by atoms with Gasteiger partial charge in [0.2, 0.25) is 0 Å². The summed E-state index contributed by atoms with van der Waals surface area (Å²) in [5, 5.41) is 13.4. The number of carboxylic acids is 1. The van der Waals surface area contributed by atoms with Crippen LogP contribution in [0.25, 0.3) is 0 Å². The van der Waals surface area contributed by atoms with Crippen molar-refractivity contribution < 1.29 is 33.6 Å². The van der Waals surface area contributed by atoms with Crippen molar-refractivity contribution in [2.45, 2.75) is 19.5 Å². The molecule has 0 atom stereocenters. The van der Waals surface area contributed by atoms with Crippen LogP contribution in [0.3, 0.4) is 0 Å². The van der Waals surface area contributed by atoms with E-state index in [4.69, 9.17) is 23.7 Å². The Hall–Kier alpha value is -3.56. The quantitative estimate of drug-likeness (QED) is 0.541. The van der Waals surface area contributed by atoms with Crippen LogP contribution >= 0.6 is 0 Å². The Morgan fingerprint density at radius 2 is 1.75 bits per heavy atom. The number of methoxy groups -OCH3 is 1. The molecule has 0 bridgehead atoms. The fraction of sp³-hybridized carbons (Fsp3) is 0.304. The SMILES string of the molecule is COc1cc(OCc2ccccc2)c(C2OCCO2)c(OCc2cc(C(=O)O)n(C)n2)c1. The lowest BCUT2D eigenvalue weighted by atomic mass is 10.1. The van der Waals surface area contributed by atoms with Gasteiger partial charge in [-0.2, -0.15) is 5.10 Å². The minimum Gasteiger partial charge on any atom is -0.496 e. The lowest BCUT2D eigenvalue weighted by Gasteiger charge is -2.20. The first-order chi connectivity index (χ1) is 15.5. The highest BCUT2D eigenvalue weighted by molar-refractivity contribution is 5.85. The maximum absolute atomic E-state index is 11.3. The number of hydrogen-bond donors (Lipinski definition) is 1. The standard InChI is InChI=1S/C23H24N2O7/c1-25-18(22(26)27)10-16(24-25)14-32-20-12-17(28-2)11-19(21(20)23-29-8-9-30-23)31-13-15-6-4-3-5-7-15/h3-7,10-12,23H,8-9,13-14H2,1-2H3,(H,26,27). The van der Waals surface area contributed by atoms with Gasteiger partial charge in [0.1, 0.15) is 41.9 Å². The Bertz CT molecular complexity index is 1080. The summed E-state index contributed by atoms with van der Waals surface area (Å²) in [7, 11) is 3.12. The van der Waals surface area contributed by atoms with Crippen molar-refractivity contribution in [3.63, 3.8) is 0 Å². The van der Waals surface area contributed by atoms with Gasteiger partial charge in [-0.3, -0.25) is 4.68 Å². The molecule has 2 aromatic carbocycles. The molecule has 3 aromatic rings. The van der Waals surface area contributed by atoms with Crippen molar-refractivity contribution in [3.05, 3.63) is 71.0 Å². The Labute approximate surface area is 185 Å². The van der Waals surface area contributed by atoms with Gasteiger partial charge in [-0.05, 0) is 11.6 Å². The molecule has 0 amide bonds. The molecular formula is C23H24N2O7. The maximum Gasteiger partial charge on any atom is 0.354 e. The molecule has 0 unspecified atom stereocenters. The Morgan fingerprint density at radius 3 is 2.34 bits per heavy atom. The number of rotatable bonds is 9. The monoisotopic (exact) mass is 440 g/mol. The lowest BCUT2D eigenvalue weighted by molar-refractivity contribution is -0.0477. The van der Waals surface area contributed by atoms with E-state index in [1.54, 1.807) is 26.3 Å². The molecule has 168 valence electrons. The van der Waals surface area contributed by atoms with E-state index in [0.29, 0.717) is 48.3 Å². The number of carboxylic acid groups (broad SMARTS) is 1. The van der Waals surface area contributed by atoms with E-state index in [9.17, 15) is 9.90 Å². The van der Waals surface area contributed by atoms with Crippen LogP contribution in [0.5, 0.6) is 17.2 Å². The summed E-state index contributed by atoms with van der Waals surface area (Å²) in [5.74, 6) is 0.443. The second-order valence-electron chi connectivity index (χ2n) is 7.12. The first-order valence-corrected chi connectivity index (χ1v) is 10.1. The zero-order valence-corrected chi connectivity index (χ0v) is 17.8. The van der Waals surface area contributed by atoms with Gasteiger partial charge >= 0.3 is 5.97 Å². The van der Waals surface area contributed by atoms with Crippen molar-refractivity contribution in [1.82, 2.24) is 9.78 Å². The van der Waals surface area contributed by atoms with E-state index in [-0.39, 0.29) is 12.3 Å². The number of hydrogen-bond acceptors (Lipinski definition) is 7. The third-order valence-corrected chi connectivity index (χ3v) is 4.93. The average Bonchev–Trinajstić information content (AvgIpc) is 3.46. The minimum absolute atomic E-state index is 0.0478. The van der Waals surface area contributed by atoms with E-state index in [1.807, 2.05) is 30.3 Å². The third kappa shape index (κ3) is 4.84. The zero-order valence-electron chi connectivity index (χ0n) is 17.8. The fourth-order valence-corrected chi connectivity index (χ4v) is 3.38. The predicted octanol–water partition coefficient (Wildman–Crippen LogP) is 3.33. The van der Waals surface area contributed by atoms with Gasteiger partial charge in [0.15, 0.2) is 6.29 Å². The molecule has 0 spiro atoms. The van der Waals surface area contributed by atoms with Crippen molar-refractivity contribution in [1.29, 1.82) is 0 Å². The van der Waals surface area contributed by atoms with E-state index < -0.39 is 12.3 Å². The lowest BCUT2D eigenvalue weighted by Crippen LogP contribution is -2.08. The van der Waals surface area contributed by atoms with Crippen molar-refractivity contribution in [2.75, 3.05) is 20.3 Å². The van der Waals surface area contributed by atoms with Crippen LogP contribution < -0.4 is 14.2 Å². The zero-order chi connectivity index (χ0) is 22.5. The normalized spacial score (nSPS) is 13.8. The summed E-state index contributed by atoms with van der Waals surface area (Å²) in [4.78, 5) is 11.3. The summed E-state index contributed by atoms with van der Waals surface area (Å²) < 4.78 is 30.3. The van der Waals surface area contributed by atoms with Crippen LogP contribution in [-0.2, 0) is 29.7 Å². The van der Waals surface area contributed by atoms with Crippen LogP contribution in [0.2, 0.25) is 0 Å². The number of benzene rings is 2. The van der Waals surface area contributed by atoms with E-state index >= 15 is 0 Å². The van der Waals surface area contributed by atoms with E-state index in [0.717, 1.165) is 5.56 Å². The third-order valence-electron chi connectivity index (χ3n) is 4.93. The van der Waals surface area contributed by atoms with Crippen LogP contribution in [-0.4, -0.2) is 41.2 Å². The second kappa shape index (κ2) is 9.71. The first-order valence-electron chi connectivity index (χ1n) is 10.1. The molecule has 0 radical (unpaired) electrons. The molecule has 1 fully saturated rings. The Kier molecular flexibility index (Phi) is 6.58. The molecule has 1 aromatic heterocycles. The van der Waals surface area contributed by atoms with Crippen LogP contribution in [0.4, 0.5) is 0 Å². The number of aromatic carboxylic acids is 1. The highest BCUT2D eigenvalue weighted by Gasteiger charge is 2.28. The van der Waals surface area contributed by atoms with Gasteiger partial charge < -0.3 is 28.8 Å². The number of aromatic nitrogens is 2. The molecule has 4 rings (SSSR count). The molecule has 0 saturated carbocycles. The van der Waals surface area contributed by atoms with Gasteiger partial charge in [-0.15, -0.1) is 0 Å². The Balaban J connectivity index is 1.63. The van der Waals surface area contributed by atoms with Gasteiger partial charge in [0.05, 0.1) is 25.9 Å². The molecule has 9 heteroatoms. The molecule has 2 heterocycles. The molecule has 1 N–H and O–H groups in total. The minimum atomic E-state index is -1.06.